The van der Waals surface area contributed by atoms with Crippen LogP contribution in [-0.4, -0.2) is 87.4 Å². The Morgan fingerprint density at radius 1 is 0.390 bits per heavy atom. The smallest absolute Gasteiger partial charge is 0.361 e. The van der Waals surface area contributed by atoms with Gasteiger partial charge in [0.1, 0.15) is 13.2 Å². The predicted octanol–water partition coefficient (Wildman–Crippen LogP) is 19.8. The fourth-order valence-corrected chi connectivity index (χ4v) is 9.49. The Hall–Kier alpha value is -2.75. The normalized spacial score (nSPS) is 13.0. The molecule has 0 aliphatic carbocycles. The summed E-state index contributed by atoms with van der Waals surface area (Å²) in [5.41, 5.74) is 0. The molecule has 0 aliphatic heterocycles. The summed E-state index contributed by atoms with van der Waals surface area (Å²) in [7, 11) is 5.97. The van der Waals surface area contributed by atoms with Crippen molar-refractivity contribution in [1.82, 2.24) is 0 Å². The molecule has 0 aromatic carbocycles. The first-order chi connectivity index (χ1) is 37.6. The average molecular weight is 1090 g/mol. The van der Waals surface area contributed by atoms with Crippen LogP contribution in [-0.2, 0) is 33.3 Å². The van der Waals surface area contributed by atoms with E-state index in [1.54, 1.807) is 0 Å². The van der Waals surface area contributed by atoms with Crippen LogP contribution in [0.1, 0.15) is 309 Å². The van der Waals surface area contributed by atoms with E-state index in [1.807, 2.05) is 21.1 Å². The Bertz CT molecular complexity index is 1400. The van der Waals surface area contributed by atoms with Gasteiger partial charge in [0.25, 0.3) is 6.29 Å². The number of unbranched alkanes of at least 4 members (excludes halogenated alkanes) is 38. The summed E-state index contributed by atoms with van der Waals surface area (Å²) in [5, 5.41) is 9.72. The molecular weight excluding hydrogens is 959 g/mol. The Kier molecular flexibility index (Phi) is 57.3. The van der Waals surface area contributed by atoms with Gasteiger partial charge in [0.15, 0.2) is 6.10 Å². The molecule has 450 valence electrons. The highest BCUT2D eigenvalue weighted by Crippen LogP contribution is 2.17. The van der Waals surface area contributed by atoms with Gasteiger partial charge in [-0.05, 0) is 77.0 Å². The molecule has 77 heavy (non-hydrogen) atoms. The van der Waals surface area contributed by atoms with E-state index in [-0.39, 0.29) is 32.2 Å². The maximum Gasteiger partial charge on any atom is 0.361 e. The molecule has 0 saturated carbocycles. The lowest BCUT2D eigenvalue weighted by Gasteiger charge is -2.25. The Morgan fingerprint density at radius 2 is 0.701 bits per heavy atom. The summed E-state index contributed by atoms with van der Waals surface area (Å²) in [4.78, 5) is 37.5. The summed E-state index contributed by atoms with van der Waals surface area (Å²) in [6.07, 6.45) is 72.1. The van der Waals surface area contributed by atoms with E-state index < -0.39 is 24.3 Å². The number of aliphatic carboxylic acids is 1. The lowest BCUT2D eigenvalue weighted by molar-refractivity contribution is -0.870. The zero-order valence-electron chi connectivity index (χ0n) is 51.4. The quantitative estimate of drug-likeness (QED) is 0.0211. The van der Waals surface area contributed by atoms with Crippen LogP contribution in [0.15, 0.2) is 48.6 Å². The molecule has 0 rings (SSSR count). The predicted molar refractivity (Wildman–Crippen MR) is 327 cm³/mol. The molecule has 9 nitrogen and oxygen atoms in total. The minimum atomic E-state index is -1.51. The number of carbonyl (C=O) groups excluding carboxylic acids is 2. The number of ether oxygens (including phenoxy) is 4. The number of carboxylic acid groups (broad SMARTS) is 1. The molecule has 0 radical (unpaired) electrons. The number of hydrogen-bond donors (Lipinski definition) is 1. The molecule has 0 aromatic rings. The number of nitrogens with zero attached hydrogens (tertiary/aromatic N) is 1. The van der Waals surface area contributed by atoms with Crippen molar-refractivity contribution in [3.63, 3.8) is 0 Å². The Balaban J connectivity index is 4.12. The second kappa shape index (κ2) is 59.4. The van der Waals surface area contributed by atoms with Crippen LogP contribution in [0.2, 0.25) is 0 Å². The molecule has 0 saturated heterocycles. The number of hydrogen-bond acceptors (Lipinski definition) is 7. The van der Waals surface area contributed by atoms with Crippen molar-refractivity contribution in [2.45, 2.75) is 322 Å². The number of esters is 2. The van der Waals surface area contributed by atoms with Crippen LogP contribution in [0.3, 0.4) is 0 Å². The van der Waals surface area contributed by atoms with Gasteiger partial charge in [-0.3, -0.25) is 9.59 Å². The lowest BCUT2D eigenvalue weighted by Crippen LogP contribution is -2.40. The van der Waals surface area contributed by atoms with Crippen molar-refractivity contribution in [3.05, 3.63) is 48.6 Å². The molecule has 0 bridgehead atoms. The van der Waals surface area contributed by atoms with Crippen molar-refractivity contribution in [2.24, 2.45) is 0 Å². The summed E-state index contributed by atoms with van der Waals surface area (Å²) in [6, 6.07) is 0. The van der Waals surface area contributed by atoms with Crippen molar-refractivity contribution in [1.29, 1.82) is 0 Å². The molecule has 0 amide bonds. The zero-order valence-corrected chi connectivity index (χ0v) is 51.4. The molecule has 1 N–H and O–H groups in total. The monoisotopic (exact) mass is 1080 g/mol. The summed E-state index contributed by atoms with van der Waals surface area (Å²) in [6.45, 7) is 4.89. The average Bonchev–Trinajstić information content (AvgIpc) is 3.40. The zero-order chi connectivity index (χ0) is 56.2. The van der Waals surface area contributed by atoms with Gasteiger partial charge in [0.2, 0.25) is 0 Å². The molecular formula is C68H126NO8+. The van der Waals surface area contributed by atoms with Gasteiger partial charge in [-0.15, -0.1) is 0 Å². The first-order valence-corrected chi connectivity index (χ1v) is 32.8. The summed E-state index contributed by atoms with van der Waals surface area (Å²) < 4.78 is 22.9. The molecule has 0 spiro atoms. The first kappa shape index (κ1) is 74.2. The highest BCUT2D eigenvalue weighted by atomic mass is 16.7. The minimum absolute atomic E-state index is 0.185. The van der Waals surface area contributed by atoms with Crippen LogP contribution in [0.4, 0.5) is 0 Å². The molecule has 9 heteroatoms. The van der Waals surface area contributed by atoms with E-state index in [4.69, 9.17) is 18.9 Å². The molecule has 0 fully saturated rings. The molecule has 0 aliphatic rings. The van der Waals surface area contributed by atoms with E-state index in [9.17, 15) is 19.5 Å². The van der Waals surface area contributed by atoms with E-state index in [2.05, 4.69) is 62.5 Å². The van der Waals surface area contributed by atoms with Crippen molar-refractivity contribution in [3.8, 4) is 0 Å². The number of rotatable bonds is 61. The van der Waals surface area contributed by atoms with Gasteiger partial charge < -0.3 is 28.5 Å². The van der Waals surface area contributed by atoms with Crippen molar-refractivity contribution >= 4 is 17.9 Å². The third-order valence-electron chi connectivity index (χ3n) is 14.6. The molecule has 0 heterocycles. The Labute approximate surface area is 476 Å². The van der Waals surface area contributed by atoms with Gasteiger partial charge in [0, 0.05) is 12.8 Å². The van der Waals surface area contributed by atoms with Crippen LogP contribution < -0.4 is 0 Å². The van der Waals surface area contributed by atoms with Gasteiger partial charge >= 0.3 is 17.9 Å². The second-order valence-corrected chi connectivity index (χ2v) is 23.4. The van der Waals surface area contributed by atoms with E-state index in [0.29, 0.717) is 23.9 Å². The summed E-state index contributed by atoms with van der Waals surface area (Å²) in [5.74, 6) is -2.01. The maximum absolute atomic E-state index is 12.9. The highest BCUT2D eigenvalue weighted by Gasteiger charge is 2.25. The highest BCUT2D eigenvalue weighted by molar-refractivity contribution is 5.71. The van der Waals surface area contributed by atoms with Crippen LogP contribution in [0.5, 0.6) is 0 Å². The van der Waals surface area contributed by atoms with E-state index in [0.717, 1.165) is 57.8 Å². The Morgan fingerprint density at radius 3 is 1.05 bits per heavy atom. The van der Waals surface area contributed by atoms with E-state index >= 15 is 0 Å². The molecule has 2 atom stereocenters. The number of carboxylic acids is 1. The molecule has 2 unspecified atom stereocenters. The van der Waals surface area contributed by atoms with Crippen LogP contribution >= 0.6 is 0 Å². The SMILES string of the molecule is CCCCCCC/C=C\C/C=C\C/C=C\CCCCCCCCC(=O)OC(COC(=O)CCCCCCCCCCCCCCCCCCCCC/C=C\CCCCCCCCCC)COC(OCC[N+](C)(C)C)C(=O)O. The third kappa shape index (κ3) is 60.7. The standard InChI is InChI=1S/C68H125NO8/c1-6-8-10-12-14-16-18-20-22-24-26-28-29-30-31-32-33-34-35-36-37-39-40-42-44-46-48-50-52-54-56-58-65(70)75-62-64(63-76-68(67(72)73)74-61-60-69(3,4)5)77-66(71)59-57-55-53-51-49-47-45-43-41-38-27-25-23-21-19-17-15-13-11-9-7-2/h19,21,24-27,41,43,64,68H,6-18,20,22-23,28-40,42,44-63H2,1-5H3/p+1/b21-19-,26-24-,27-25-,43-41-. The number of allylic oxidation sites excluding steroid dienone is 8. The fraction of sp³-hybridized carbons (Fsp3) is 0.838. The van der Waals surface area contributed by atoms with Crippen molar-refractivity contribution in [2.75, 3.05) is 47.5 Å². The largest absolute Gasteiger partial charge is 0.477 e. The van der Waals surface area contributed by atoms with Crippen LogP contribution in [0, 0.1) is 0 Å². The van der Waals surface area contributed by atoms with Gasteiger partial charge in [0.05, 0.1) is 34.4 Å². The topological polar surface area (TPSA) is 108 Å². The van der Waals surface area contributed by atoms with E-state index in [1.165, 1.54) is 218 Å². The summed E-state index contributed by atoms with van der Waals surface area (Å²) >= 11 is 0. The second-order valence-electron chi connectivity index (χ2n) is 23.4. The first-order valence-electron chi connectivity index (χ1n) is 32.8. The third-order valence-corrected chi connectivity index (χ3v) is 14.6. The van der Waals surface area contributed by atoms with Crippen molar-refractivity contribution < 1.29 is 42.9 Å². The van der Waals surface area contributed by atoms with Gasteiger partial charge in [-0.1, -0.05) is 268 Å². The number of carbonyl (C=O) groups is 3. The minimum Gasteiger partial charge on any atom is -0.477 e. The van der Waals surface area contributed by atoms with Gasteiger partial charge in [-0.25, -0.2) is 4.79 Å². The lowest BCUT2D eigenvalue weighted by atomic mass is 10.0. The number of quaternary nitrogens is 1. The fourth-order valence-electron chi connectivity index (χ4n) is 9.49. The van der Waals surface area contributed by atoms with Gasteiger partial charge in [-0.2, -0.15) is 0 Å². The maximum atomic E-state index is 12.9. The van der Waals surface area contributed by atoms with Crippen LogP contribution in [0.25, 0.3) is 0 Å². The molecule has 0 aromatic heterocycles. The number of likely N-dealkylation sites (N-methyl/N-ethyl adjacent to an activating group) is 1.